The van der Waals surface area contributed by atoms with Gasteiger partial charge < -0.3 is 16.0 Å². The van der Waals surface area contributed by atoms with Crippen molar-refractivity contribution in [2.45, 2.75) is 81.6 Å². The number of carbonyl (C=O) groups is 3. The number of carbonyl (C=O) groups excluding carboxylic acids is 3. The van der Waals surface area contributed by atoms with E-state index in [0.717, 1.165) is 0 Å². The summed E-state index contributed by atoms with van der Waals surface area (Å²) in [5.41, 5.74) is -0.0136. The van der Waals surface area contributed by atoms with Gasteiger partial charge in [-0.05, 0) is 37.5 Å². The number of rotatable bonds is 9. The first kappa shape index (κ1) is 25.7. The van der Waals surface area contributed by atoms with E-state index in [2.05, 4.69) is 16.0 Å². The van der Waals surface area contributed by atoms with Crippen LogP contribution in [0.25, 0.3) is 0 Å². The molecule has 0 bridgehead atoms. The molecule has 0 spiro atoms. The Labute approximate surface area is 181 Å². The van der Waals surface area contributed by atoms with Crippen LogP contribution in [0, 0.1) is 16.2 Å². The van der Waals surface area contributed by atoms with Gasteiger partial charge in [0.2, 0.25) is 17.7 Å². The highest BCUT2D eigenvalue weighted by Crippen LogP contribution is 2.30. The maximum absolute atomic E-state index is 12.7. The maximum atomic E-state index is 12.7. The van der Waals surface area contributed by atoms with Gasteiger partial charge in [-0.25, -0.2) is 0 Å². The number of hydrogen-bond donors (Lipinski definition) is 3. The summed E-state index contributed by atoms with van der Waals surface area (Å²) in [7, 11) is 0. The molecule has 3 amide bonds. The summed E-state index contributed by atoms with van der Waals surface area (Å²) in [6.07, 6.45) is 2.07. The van der Waals surface area contributed by atoms with Gasteiger partial charge in [0, 0.05) is 33.3 Å². The predicted molar refractivity (Wildman–Crippen MR) is 125 cm³/mol. The second kappa shape index (κ2) is 9.63. The number of benzene rings is 1. The molecule has 1 rings (SSSR count). The van der Waals surface area contributed by atoms with Gasteiger partial charge in [-0.15, -0.1) is 0 Å². The lowest BCUT2D eigenvalue weighted by Gasteiger charge is -2.25. The molecule has 30 heavy (non-hydrogen) atoms. The number of nitrogens with one attached hydrogen (secondary N) is 3. The normalized spacial score (nSPS) is 12.3. The molecule has 168 valence electrons. The van der Waals surface area contributed by atoms with Crippen LogP contribution in [0.2, 0.25) is 0 Å². The highest BCUT2D eigenvalue weighted by molar-refractivity contribution is 6.01. The third-order valence-electron chi connectivity index (χ3n) is 6.20. The number of anilines is 3. The van der Waals surface area contributed by atoms with E-state index in [0.29, 0.717) is 36.3 Å². The van der Waals surface area contributed by atoms with Gasteiger partial charge in [0.15, 0.2) is 0 Å². The van der Waals surface area contributed by atoms with Crippen LogP contribution < -0.4 is 16.0 Å². The minimum atomic E-state index is -0.531. The van der Waals surface area contributed by atoms with Crippen molar-refractivity contribution in [3.63, 3.8) is 0 Å². The molecule has 1 aromatic rings. The molecule has 0 aliphatic rings. The third kappa shape index (κ3) is 6.57. The molecule has 0 radical (unpaired) electrons. The van der Waals surface area contributed by atoms with Crippen LogP contribution in [0.15, 0.2) is 18.2 Å². The van der Waals surface area contributed by atoms with Crippen molar-refractivity contribution >= 4 is 34.8 Å². The summed E-state index contributed by atoms with van der Waals surface area (Å²) in [5, 5.41) is 8.77. The van der Waals surface area contributed by atoms with Crippen LogP contribution >= 0.6 is 0 Å². The molecule has 0 aliphatic heterocycles. The van der Waals surface area contributed by atoms with Gasteiger partial charge in [-0.2, -0.15) is 0 Å². The van der Waals surface area contributed by atoms with Gasteiger partial charge in [-0.1, -0.05) is 62.3 Å². The highest BCUT2D eigenvalue weighted by Gasteiger charge is 2.28. The second-order valence-corrected chi connectivity index (χ2v) is 9.87. The van der Waals surface area contributed by atoms with Gasteiger partial charge in [0.25, 0.3) is 0 Å². The zero-order chi connectivity index (χ0) is 23.3. The topological polar surface area (TPSA) is 87.3 Å². The Morgan fingerprint density at radius 3 is 0.933 bits per heavy atom. The molecule has 0 aliphatic carbocycles. The molecule has 0 saturated carbocycles. The smallest absolute Gasteiger partial charge is 0.230 e. The van der Waals surface area contributed by atoms with Crippen LogP contribution in [-0.4, -0.2) is 17.7 Å². The highest BCUT2D eigenvalue weighted by atomic mass is 16.2. The van der Waals surface area contributed by atoms with Gasteiger partial charge in [-0.3, -0.25) is 14.4 Å². The van der Waals surface area contributed by atoms with Crippen LogP contribution in [0.5, 0.6) is 0 Å². The summed E-state index contributed by atoms with van der Waals surface area (Å²) >= 11 is 0. The summed E-state index contributed by atoms with van der Waals surface area (Å²) in [4.78, 5) is 38.0. The fraction of sp³-hybridized carbons (Fsp3) is 0.625. The number of hydrogen-bond acceptors (Lipinski definition) is 3. The van der Waals surface area contributed by atoms with E-state index >= 15 is 0 Å². The first-order chi connectivity index (χ1) is 13.7. The maximum Gasteiger partial charge on any atom is 0.230 e. The summed E-state index contributed by atoms with van der Waals surface area (Å²) in [6, 6.07) is 5.15. The summed E-state index contributed by atoms with van der Waals surface area (Å²) in [6.45, 7) is 17.2. The minimum absolute atomic E-state index is 0.117. The van der Waals surface area contributed by atoms with E-state index in [1.165, 1.54) is 0 Å². The molecule has 0 unspecified atom stereocenters. The lowest BCUT2D eigenvalue weighted by Crippen LogP contribution is -2.32. The third-order valence-corrected chi connectivity index (χ3v) is 6.20. The fourth-order valence-electron chi connectivity index (χ4n) is 2.23. The quantitative estimate of drug-likeness (QED) is 0.474. The molecular weight excluding hydrogens is 378 g/mol. The zero-order valence-corrected chi connectivity index (χ0v) is 20.1. The zero-order valence-electron chi connectivity index (χ0n) is 20.1. The standard InChI is InChI=1S/C24H39N3O3/c1-10-22(4,5)19(28)25-16-13-17(26-20(29)23(6,7)11-2)15-18(14-16)27-21(30)24(8,9)12-3/h13-15H,10-12H2,1-9H3,(H,25,28)(H,26,29)(H,27,30). The van der Waals surface area contributed by atoms with Crippen molar-refractivity contribution < 1.29 is 14.4 Å². The van der Waals surface area contributed by atoms with Gasteiger partial charge in [0.1, 0.15) is 0 Å². The molecule has 1 aromatic carbocycles. The molecule has 0 fully saturated rings. The molecule has 0 heterocycles. The largest absolute Gasteiger partial charge is 0.325 e. The summed E-state index contributed by atoms with van der Waals surface area (Å²) in [5.74, 6) is -0.351. The Balaban J connectivity index is 3.29. The Morgan fingerprint density at radius 1 is 0.567 bits per heavy atom. The van der Waals surface area contributed by atoms with Crippen molar-refractivity contribution in [1.82, 2.24) is 0 Å². The molecule has 0 aromatic heterocycles. The van der Waals surface area contributed by atoms with E-state index in [4.69, 9.17) is 0 Å². The van der Waals surface area contributed by atoms with Crippen molar-refractivity contribution in [3.8, 4) is 0 Å². The van der Waals surface area contributed by atoms with Crippen LogP contribution in [0.1, 0.15) is 81.6 Å². The first-order valence-corrected chi connectivity index (χ1v) is 10.8. The van der Waals surface area contributed by atoms with Crippen LogP contribution in [0.3, 0.4) is 0 Å². The van der Waals surface area contributed by atoms with Gasteiger partial charge in [0.05, 0.1) is 0 Å². The average Bonchev–Trinajstić information content (AvgIpc) is 2.67. The number of amides is 3. The molecular formula is C24H39N3O3. The van der Waals surface area contributed by atoms with Crippen LogP contribution in [0.4, 0.5) is 17.1 Å². The molecule has 6 nitrogen and oxygen atoms in total. The van der Waals surface area contributed by atoms with Crippen molar-refractivity contribution in [2.75, 3.05) is 16.0 Å². The SMILES string of the molecule is CCC(C)(C)C(=O)Nc1cc(NC(=O)C(C)(C)CC)cc(NC(=O)C(C)(C)CC)c1. The molecule has 0 saturated heterocycles. The first-order valence-electron chi connectivity index (χ1n) is 10.8. The van der Waals surface area contributed by atoms with E-state index in [-0.39, 0.29) is 17.7 Å². The van der Waals surface area contributed by atoms with Gasteiger partial charge >= 0.3 is 0 Å². The lowest BCUT2D eigenvalue weighted by molar-refractivity contribution is -0.124. The van der Waals surface area contributed by atoms with E-state index < -0.39 is 16.2 Å². The minimum Gasteiger partial charge on any atom is -0.325 e. The Bertz CT molecular complexity index is 678. The monoisotopic (exact) mass is 417 g/mol. The average molecular weight is 418 g/mol. The lowest BCUT2D eigenvalue weighted by atomic mass is 9.88. The predicted octanol–water partition coefficient (Wildman–Crippen LogP) is 5.81. The fourth-order valence-corrected chi connectivity index (χ4v) is 2.23. The van der Waals surface area contributed by atoms with E-state index in [1.54, 1.807) is 18.2 Å². The Morgan fingerprint density at radius 2 is 0.767 bits per heavy atom. The van der Waals surface area contributed by atoms with E-state index in [1.807, 2.05) is 62.3 Å². The molecule has 3 N–H and O–H groups in total. The van der Waals surface area contributed by atoms with Crippen molar-refractivity contribution in [2.24, 2.45) is 16.2 Å². The Kier molecular flexibility index (Phi) is 8.24. The van der Waals surface area contributed by atoms with Crippen LogP contribution in [-0.2, 0) is 14.4 Å². The second-order valence-electron chi connectivity index (χ2n) is 9.87. The summed E-state index contributed by atoms with van der Waals surface area (Å²) < 4.78 is 0. The van der Waals surface area contributed by atoms with Crippen molar-refractivity contribution in [3.05, 3.63) is 18.2 Å². The van der Waals surface area contributed by atoms with E-state index in [9.17, 15) is 14.4 Å². The van der Waals surface area contributed by atoms with Crippen molar-refractivity contribution in [1.29, 1.82) is 0 Å². The molecule has 6 heteroatoms. The molecule has 0 atom stereocenters. The Hall–Kier alpha value is -2.37.